The van der Waals surface area contributed by atoms with E-state index in [1.54, 1.807) is 16.7 Å². The molecule has 0 aromatic carbocycles. The van der Waals surface area contributed by atoms with E-state index in [0.717, 1.165) is 5.75 Å². The van der Waals surface area contributed by atoms with Crippen molar-refractivity contribution in [2.24, 2.45) is 0 Å². The van der Waals surface area contributed by atoms with Gasteiger partial charge in [-0.05, 0) is 20.8 Å². The smallest absolute Gasteiger partial charge is 0.411 e. The summed E-state index contributed by atoms with van der Waals surface area (Å²) in [7, 11) is 0. The van der Waals surface area contributed by atoms with Crippen molar-refractivity contribution in [3.63, 3.8) is 0 Å². The largest absolute Gasteiger partial charge is 0.444 e. The second-order valence-electron chi connectivity index (χ2n) is 4.29. The van der Waals surface area contributed by atoms with E-state index in [9.17, 15) is 4.79 Å². The van der Waals surface area contributed by atoms with Crippen LogP contribution in [0, 0.1) is 0 Å². The van der Waals surface area contributed by atoms with Crippen LogP contribution in [-0.4, -0.2) is 46.0 Å². The standard InChI is InChI=1S/C9H17NO3S/c1-9(2,3)13-8(12)10-6-14-5-7(10)4-11/h7,11H,4-6H2,1-3H3/t7-/m0/s1. The van der Waals surface area contributed by atoms with Crippen LogP contribution in [0.5, 0.6) is 0 Å². The molecule has 1 amide bonds. The molecule has 1 aliphatic rings. The Bertz CT molecular complexity index is 215. The van der Waals surface area contributed by atoms with Gasteiger partial charge in [0, 0.05) is 5.75 Å². The summed E-state index contributed by atoms with van der Waals surface area (Å²) in [6, 6.07) is -0.0881. The third kappa shape index (κ3) is 3.06. The minimum Gasteiger partial charge on any atom is -0.444 e. The number of aliphatic hydroxyl groups is 1. The third-order valence-electron chi connectivity index (χ3n) is 1.82. The molecule has 1 atom stereocenters. The monoisotopic (exact) mass is 219 g/mol. The molecule has 0 spiro atoms. The Morgan fingerprint density at radius 1 is 1.64 bits per heavy atom. The van der Waals surface area contributed by atoms with Crippen molar-refractivity contribution in [3.8, 4) is 0 Å². The predicted octanol–water partition coefficient (Wildman–Crippen LogP) is 1.29. The minimum atomic E-state index is -0.468. The van der Waals surface area contributed by atoms with Gasteiger partial charge in [0.2, 0.25) is 0 Å². The number of ether oxygens (including phenoxy) is 1. The van der Waals surface area contributed by atoms with E-state index < -0.39 is 5.60 Å². The van der Waals surface area contributed by atoms with Gasteiger partial charge < -0.3 is 9.84 Å². The number of carbonyl (C=O) groups is 1. The summed E-state index contributed by atoms with van der Waals surface area (Å²) >= 11 is 1.63. The first-order chi connectivity index (χ1) is 6.44. The van der Waals surface area contributed by atoms with Crippen LogP contribution in [0.15, 0.2) is 0 Å². The molecule has 1 saturated heterocycles. The lowest BCUT2D eigenvalue weighted by Crippen LogP contribution is -2.42. The van der Waals surface area contributed by atoms with Crippen molar-refractivity contribution < 1.29 is 14.6 Å². The lowest BCUT2D eigenvalue weighted by molar-refractivity contribution is 0.0191. The van der Waals surface area contributed by atoms with Crippen LogP contribution < -0.4 is 0 Å². The lowest BCUT2D eigenvalue weighted by Gasteiger charge is -2.27. The molecule has 14 heavy (non-hydrogen) atoms. The van der Waals surface area contributed by atoms with Gasteiger partial charge >= 0.3 is 6.09 Å². The van der Waals surface area contributed by atoms with Gasteiger partial charge in [-0.2, -0.15) is 0 Å². The van der Waals surface area contributed by atoms with Crippen molar-refractivity contribution in [2.45, 2.75) is 32.4 Å². The molecule has 82 valence electrons. The average molecular weight is 219 g/mol. The van der Waals surface area contributed by atoms with Gasteiger partial charge in [0.05, 0.1) is 18.5 Å². The van der Waals surface area contributed by atoms with Crippen LogP contribution in [-0.2, 0) is 4.74 Å². The predicted molar refractivity (Wildman–Crippen MR) is 56.3 cm³/mol. The van der Waals surface area contributed by atoms with Gasteiger partial charge in [-0.1, -0.05) is 0 Å². The summed E-state index contributed by atoms with van der Waals surface area (Å²) in [4.78, 5) is 13.2. The lowest BCUT2D eigenvalue weighted by atomic mass is 10.2. The minimum absolute atomic E-state index is 0.00619. The highest BCUT2D eigenvalue weighted by Crippen LogP contribution is 2.22. The Morgan fingerprint density at radius 3 is 2.79 bits per heavy atom. The molecule has 1 heterocycles. The Morgan fingerprint density at radius 2 is 2.29 bits per heavy atom. The number of amides is 1. The summed E-state index contributed by atoms with van der Waals surface area (Å²) < 4.78 is 5.22. The topological polar surface area (TPSA) is 49.8 Å². The highest BCUT2D eigenvalue weighted by Gasteiger charge is 2.31. The average Bonchev–Trinajstić information content (AvgIpc) is 2.47. The van der Waals surface area contributed by atoms with Crippen LogP contribution >= 0.6 is 11.8 Å². The molecule has 0 aromatic rings. The maximum absolute atomic E-state index is 11.6. The third-order valence-corrected chi connectivity index (χ3v) is 2.90. The first kappa shape index (κ1) is 11.7. The Hall–Kier alpha value is -0.420. The Labute approximate surface area is 88.6 Å². The van der Waals surface area contributed by atoms with Crippen molar-refractivity contribution in [1.82, 2.24) is 4.90 Å². The van der Waals surface area contributed by atoms with Crippen LogP contribution in [0.2, 0.25) is 0 Å². The van der Waals surface area contributed by atoms with E-state index in [1.165, 1.54) is 0 Å². The number of thioether (sulfide) groups is 1. The van der Waals surface area contributed by atoms with Crippen LogP contribution in [0.4, 0.5) is 4.79 Å². The molecule has 0 saturated carbocycles. The molecule has 5 heteroatoms. The molecule has 1 rings (SSSR count). The fourth-order valence-electron chi connectivity index (χ4n) is 1.16. The molecule has 1 aliphatic heterocycles. The fraction of sp³-hybridized carbons (Fsp3) is 0.889. The number of hydrogen-bond acceptors (Lipinski definition) is 4. The quantitative estimate of drug-likeness (QED) is 0.722. The second kappa shape index (κ2) is 4.40. The maximum atomic E-state index is 11.6. The number of aliphatic hydroxyl groups excluding tert-OH is 1. The van der Waals surface area contributed by atoms with E-state index in [2.05, 4.69) is 0 Å². The van der Waals surface area contributed by atoms with E-state index in [0.29, 0.717) is 5.88 Å². The summed E-state index contributed by atoms with van der Waals surface area (Å²) in [6.45, 7) is 5.51. The first-order valence-electron chi connectivity index (χ1n) is 4.62. The molecule has 0 radical (unpaired) electrons. The highest BCUT2D eigenvalue weighted by atomic mass is 32.2. The zero-order valence-corrected chi connectivity index (χ0v) is 9.63. The normalized spacial score (nSPS) is 22.6. The molecule has 0 unspecified atom stereocenters. The van der Waals surface area contributed by atoms with E-state index in [-0.39, 0.29) is 18.7 Å². The highest BCUT2D eigenvalue weighted by molar-refractivity contribution is 7.99. The molecule has 1 N–H and O–H groups in total. The summed E-state index contributed by atoms with van der Waals surface area (Å²) in [5, 5.41) is 9.02. The number of hydrogen-bond donors (Lipinski definition) is 1. The molecular formula is C9H17NO3S. The molecule has 0 bridgehead atoms. The fourth-order valence-corrected chi connectivity index (χ4v) is 2.33. The summed E-state index contributed by atoms with van der Waals surface area (Å²) in [5.41, 5.74) is -0.468. The van der Waals surface area contributed by atoms with Gasteiger partial charge in [0.1, 0.15) is 5.60 Å². The zero-order chi connectivity index (χ0) is 10.8. The number of rotatable bonds is 1. The summed E-state index contributed by atoms with van der Waals surface area (Å²) in [6.07, 6.45) is -0.332. The van der Waals surface area contributed by atoms with E-state index >= 15 is 0 Å². The van der Waals surface area contributed by atoms with Crippen molar-refractivity contribution in [2.75, 3.05) is 18.2 Å². The van der Waals surface area contributed by atoms with E-state index in [4.69, 9.17) is 9.84 Å². The molecule has 4 nitrogen and oxygen atoms in total. The van der Waals surface area contributed by atoms with Crippen LogP contribution in [0.3, 0.4) is 0 Å². The number of nitrogens with zero attached hydrogens (tertiary/aromatic N) is 1. The van der Waals surface area contributed by atoms with Crippen LogP contribution in [0.1, 0.15) is 20.8 Å². The molecule has 0 aliphatic carbocycles. The first-order valence-corrected chi connectivity index (χ1v) is 5.78. The molecule has 0 aromatic heterocycles. The molecule has 1 fully saturated rings. The van der Waals surface area contributed by atoms with Crippen LogP contribution in [0.25, 0.3) is 0 Å². The van der Waals surface area contributed by atoms with Gasteiger partial charge in [-0.3, -0.25) is 4.90 Å². The second-order valence-corrected chi connectivity index (χ2v) is 5.29. The van der Waals surface area contributed by atoms with Crippen molar-refractivity contribution in [3.05, 3.63) is 0 Å². The SMILES string of the molecule is CC(C)(C)OC(=O)N1CSC[C@@H]1CO. The van der Waals surface area contributed by atoms with Gasteiger partial charge in [-0.15, -0.1) is 11.8 Å². The van der Waals surface area contributed by atoms with Crippen molar-refractivity contribution in [1.29, 1.82) is 0 Å². The van der Waals surface area contributed by atoms with E-state index in [1.807, 2.05) is 20.8 Å². The maximum Gasteiger partial charge on any atom is 0.411 e. The zero-order valence-electron chi connectivity index (χ0n) is 8.82. The Kier molecular flexibility index (Phi) is 3.66. The van der Waals surface area contributed by atoms with Gasteiger partial charge in [0.25, 0.3) is 0 Å². The number of carbonyl (C=O) groups excluding carboxylic acids is 1. The van der Waals surface area contributed by atoms with Gasteiger partial charge in [0.15, 0.2) is 0 Å². The molecular weight excluding hydrogens is 202 g/mol. The van der Waals surface area contributed by atoms with Gasteiger partial charge in [-0.25, -0.2) is 4.79 Å². The van der Waals surface area contributed by atoms with Crippen molar-refractivity contribution >= 4 is 17.9 Å². The summed E-state index contributed by atoms with van der Waals surface area (Å²) in [5.74, 6) is 1.40. The Balaban J connectivity index is 2.52.